The molecule has 0 amide bonds. The quantitative estimate of drug-likeness (QED) is 0.886. The van der Waals surface area contributed by atoms with E-state index < -0.39 is 6.10 Å². The molecule has 1 heterocycles. The van der Waals surface area contributed by atoms with E-state index in [4.69, 9.17) is 0 Å². The molecule has 1 aliphatic rings. The number of hydrogen-bond donors (Lipinski definition) is 1. The van der Waals surface area contributed by atoms with Gasteiger partial charge in [-0.3, -0.25) is 4.90 Å². The maximum atomic E-state index is 10.5. The summed E-state index contributed by atoms with van der Waals surface area (Å²) in [7, 11) is 0. The van der Waals surface area contributed by atoms with E-state index >= 15 is 0 Å². The van der Waals surface area contributed by atoms with Gasteiger partial charge in [-0.15, -0.1) is 0 Å². The van der Waals surface area contributed by atoms with Crippen LogP contribution in [0.25, 0.3) is 0 Å². The van der Waals surface area contributed by atoms with Crippen LogP contribution < -0.4 is 0 Å². The van der Waals surface area contributed by atoms with Crippen molar-refractivity contribution in [3.63, 3.8) is 0 Å². The largest absolute Gasteiger partial charge is 0.387 e. The molecule has 1 aromatic rings. The van der Waals surface area contributed by atoms with E-state index in [1.54, 1.807) is 0 Å². The van der Waals surface area contributed by atoms with Gasteiger partial charge in [-0.1, -0.05) is 29.8 Å². The van der Waals surface area contributed by atoms with Crippen LogP contribution in [-0.4, -0.2) is 28.1 Å². The molecule has 2 atom stereocenters. The predicted octanol–water partition coefficient (Wildman–Crippen LogP) is 3.29. The third-order valence-electron chi connectivity index (χ3n) is 4.33. The molecular formula is C16H25NO. The van der Waals surface area contributed by atoms with Crippen molar-refractivity contribution in [1.82, 2.24) is 4.90 Å². The maximum Gasteiger partial charge on any atom is 0.0942 e. The van der Waals surface area contributed by atoms with Crippen LogP contribution in [0.5, 0.6) is 0 Å². The number of benzene rings is 1. The van der Waals surface area contributed by atoms with E-state index in [0.717, 1.165) is 12.1 Å². The molecule has 1 fully saturated rings. The molecule has 1 aliphatic heterocycles. The van der Waals surface area contributed by atoms with Crippen molar-refractivity contribution >= 4 is 0 Å². The Labute approximate surface area is 111 Å². The summed E-state index contributed by atoms with van der Waals surface area (Å²) >= 11 is 0. The van der Waals surface area contributed by atoms with Gasteiger partial charge in [-0.05, 0) is 52.6 Å². The number of aliphatic hydroxyl groups excluding tert-OH is 1. The van der Waals surface area contributed by atoms with Crippen molar-refractivity contribution in [1.29, 1.82) is 0 Å². The second kappa shape index (κ2) is 5.02. The Hall–Kier alpha value is -0.860. The number of likely N-dealkylation sites (tertiary alicyclic amines) is 1. The van der Waals surface area contributed by atoms with Crippen molar-refractivity contribution in [2.75, 3.05) is 6.54 Å². The molecule has 0 bridgehead atoms. The van der Waals surface area contributed by atoms with E-state index in [2.05, 4.69) is 44.7 Å². The first kappa shape index (κ1) is 13.6. The van der Waals surface area contributed by atoms with Crippen LogP contribution in [0.2, 0.25) is 0 Å². The number of aliphatic hydroxyl groups is 1. The molecule has 1 aromatic carbocycles. The Kier molecular flexibility index (Phi) is 3.79. The molecule has 2 rings (SSSR count). The summed E-state index contributed by atoms with van der Waals surface area (Å²) in [5.74, 6) is 0. The molecule has 0 aliphatic carbocycles. The average Bonchev–Trinajstić information content (AvgIpc) is 2.68. The highest BCUT2D eigenvalue weighted by molar-refractivity contribution is 5.24. The topological polar surface area (TPSA) is 23.5 Å². The van der Waals surface area contributed by atoms with Crippen molar-refractivity contribution in [2.24, 2.45) is 0 Å². The normalized spacial score (nSPS) is 22.9. The van der Waals surface area contributed by atoms with Gasteiger partial charge in [-0.2, -0.15) is 0 Å². The summed E-state index contributed by atoms with van der Waals surface area (Å²) in [6.07, 6.45) is 2.05. The van der Waals surface area contributed by atoms with E-state index in [-0.39, 0.29) is 11.6 Å². The molecule has 100 valence electrons. The van der Waals surface area contributed by atoms with Crippen LogP contribution in [-0.2, 0) is 0 Å². The molecule has 0 aromatic heterocycles. The first-order valence-corrected chi connectivity index (χ1v) is 6.93. The van der Waals surface area contributed by atoms with Crippen LogP contribution in [0.4, 0.5) is 0 Å². The number of hydrogen-bond acceptors (Lipinski definition) is 2. The third-order valence-corrected chi connectivity index (χ3v) is 4.33. The number of nitrogens with zero attached hydrogens (tertiary/aromatic N) is 1. The summed E-state index contributed by atoms with van der Waals surface area (Å²) in [5.41, 5.74) is 2.47. The molecule has 1 N–H and O–H groups in total. The summed E-state index contributed by atoms with van der Waals surface area (Å²) in [6.45, 7) is 9.86. The van der Waals surface area contributed by atoms with E-state index in [1.807, 2.05) is 12.1 Å². The highest BCUT2D eigenvalue weighted by Gasteiger charge is 2.37. The van der Waals surface area contributed by atoms with Crippen molar-refractivity contribution in [2.45, 2.75) is 58.2 Å². The Morgan fingerprint density at radius 2 is 1.83 bits per heavy atom. The summed E-state index contributed by atoms with van der Waals surface area (Å²) in [5, 5.41) is 10.5. The monoisotopic (exact) mass is 247 g/mol. The van der Waals surface area contributed by atoms with Gasteiger partial charge in [0.15, 0.2) is 0 Å². The lowest BCUT2D eigenvalue weighted by molar-refractivity contribution is 0.0239. The zero-order chi connectivity index (χ0) is 13.3. The van der Waals surface area contributed by atoms with Crippen LogP contribution in [0.15, 0.2) is 24.3 Å². The molecule has 2 unspecified atom stereocenters. The van der Waals surface area contributed by atoms with Crippen molar-refractivity contribution < 1.29 is 5.11 Å². The zero-order valence-corrected chi connectivity index (χ0v) is 12.0. The van der Waals surface area contributed by atoms with Gasteiger partial charge >= 0.3 is 0 Å². The fourth-order valence-electron chi connectivity index (χ4n) is 3.10. The molecule has 0 spiro atoms. The highest BCUT2D eigenvalue weighted by Crippen LogP contribution is 2.34. The second-order valence-corrected chi connectivity index (χ2v) is 6.21. The second-order valence-electron chi connectivity index (χ2n) is 6.21. The fourth-order valence-corrected chi connectivity index (χ4v) is 3.10. The van der Waals surface area contributed by atoms with Crippen LogP contribution in [0, 0.1) is 6.92 Å². The van der Waals surface area contributed by atoms with Gasteiger partial charge in [0.05, 0.1) is 6.10 Å². The Bertz CT molecular complexity index is 396. The summed E-state index contributed by atoms with van der Waals surface area (Å²) in [4.78, 5) is 2.44. The van der Waals surface area contributed by atoms with Gasteiger partial charge < -0.3 is 5.11 Å². The number of aryl methyl sites for hydroxylation is 1. The SMILES string of the molecule is Cc1ccc(C(O)C(C)N2CCCC2(C)C)cc1. The first-order chi connectivity index (χ1) is 8.42. The zero-order valence-electron chi connectivity index (χ0n) is 12.0. The molecule has 1 saturated heterocycles. The summed E-state index contributed by atoms with van der Waals surface area (Å²) in [6, 6.07) is 8.39. The lowest BCUT2D eigenvalue weighted by Crippen LogP contribution is -2.46. The lowest BCUT2D eigenvalue weighted by atomic mass is 9.96. The van der Waals surface area contributed by atoms with Gasteiger partial charge in [-0.25, -0.2) is 0 Å². The molecular weight excluding hydrogens is 222 g/mol. The lowest BCUT2D eigenvalue weighted by Gasteiger charge is -2.39. The molecule has 0 saturated carbocycles. The minimum Gasteiger partial charge on any atom is -0.387 e. The standard InChI is InChI=1S/C16H25NO/c1-12-6-8-14(9-7-12)15(18)13(2)17-11-5-10-16(17,3)4/h6-9,13,15,18H,5,10-11H2,1-4H3. The van der Waals surface area contributed by atoms with Gasteiger partial charge in [0.2, 0.25) is 0 Å². The molecule has 2 heteroatoms. The Balaban J connectivity index is 2.13. The van der Waals surface area contributed by atoms with Gasteiger partial charge in [0.25, 0.3) is 0 Å². The number of rotatable bonds is 3. The fraction of sp³-hybridized carbons (Fsp3) is 0.625. The highest BCUT2D eigenvalue weighted by atomic mass is 16.3. The van der Waals surface area contributed by atoms with E-state index in [9.17, 15) is 5.11 Å². The van der Waals surface area contributed by atoms with Crippen molar-refractivity contribution in [3.8, 4) is 0 Å². The van der Waals surface area contributed by atoms with Crippen LogP contribution in [0.1, 0.15) is 50.8 Å². The van der Waals surface area contributed by atoms with Gasteiger partial charge in [0.1, 0.15) is 0 Å². The maximum absolute atomic E-state index is 10.5. The van der Waals surface area contributed by atoms with Crippen LogP contribution >= 0.6 is 0 Å². The van der Waals surface area contributed by atoms with E-state index in [1.165, 1.54) is 18.4 Å². The first-order valence-electron chi connectivity index (χ1n) is 6.93. The minimum absolute atomic E-state index is 0.171. The molecule has 18 heavy (non-hydrogen) atoms. The third kappa shape index (κ3) is 2.60. The van der Waals surface area contributed by atoms with Gasteiger partial charge in [0, 0.05) is 11.6 Å². The molecule has 2 nitrogen and oxygen atoms in total. The average molecular weight is 247 g/mol. The van der Waals surface area contributed by atoms with Crippen LogP contribution in [0.3, 0.4) is 0 Å². The smallest absolute Gasteiger partial charge is 0.0942 e. The molecule has 0 radical (unpaired) electrons. The Morgan fingerprint density at radius 3 is 2.33 bits per heavy atom. The van der Waals surface area contributed by atoms with Crippen molar-refractivity contribution in [3.05, 3.63) is 35.4 Å². The summed E-state index contributed by atoms with van der Waals surface area (Å²) < 4.78 is 0. The minimum atomic E-state index is -0.400. The Morgan fingerprint density at radius 1 is 1.22 bits per heavy atom. The predicted molar refractivity (Wildman–Crippen MR) is 75.6 cm³/mol. The van der Waals surface area contributed by atoms with E-state index in [0.29, 0.717) is 0 Å².